The molecule has 0 aliphatic carbocycles. The SMILES string of the molecule is COC(=O)C1(C)C(=O)OC(C)(C)C1C. The Labute approximate surface area is 83.6 Å². The van der Waals surface area contributed by atoms with E-state index < -0.39 is 23.0 Å². The second kappa shape index (κ2) is 2.97. The average molecular weight is 200 g/mol. The van der Waals surface area contributed by atoms with Crippen molar-refractivity contribution in [3.05, 3.63) is 0 Å². The molecule has 4 heteroatoms. The molecule has 1 saturated heterocycles. The highest BCUT2D eigenvalue weighted by molar-refractivity contribution is 6.01. The fourth-order valence-corrected chi connectivity index (χ4v) is 1.78. The number of hydrogen-bond donors (Lipinski definition) is 0. The first kappa shape index (κ1) is 11.0. The summed E-state index contributed by atoms with van der Waals surface area (Å²) < 4.78 is 9.79. The molecule has 1 aliphatic heterocycles. The lowest BCUT2D eigenvalue weighted by molar-refractivity contribution is -0.163. The van der Waals surface area contributed by atoms with Crippen molar-refractivity contribution < 1.29 is 19.1 Å². The lowest BCUT2D eigenvalue weighted by atomic mass is 9.73. The van der Waals surface area contributed by atoms with Crippen molar-refractivity contribution in [3.8, 4) is 0 Å². The van der Waals surface area contributed by atoms with Gasteiger partial charge in [0, 0.05) is 5.92 Å². The van der Waals surface area contributed by atoms with Gasteiger partial charge < -0.3 is 9.47 Å². The highest BCUT2D eigenvalue weighted by atomic mass is 16.6. The monoisotopic (exact) mass is 200 g/mol. The smallest absolute Gasteiger partial charge is 0.324 e. The molecule has 0 N–H and O–H groups in total. The summed E-state index contributed by atoms with van der Waals surface area (Å²) >= 11 is 0. The number of carbonyl (C=O) groups excluding carboxylic acids is 2. The number of hydrogen-bond acceptors (Lipinski definition) is 4. The molecule has 14 heavy (non-hydrogen) atoms. The van der Waals surface area contributed by atoms with Crippen LogP contribution in [0, 0.1) is 11.3 Å². The van der Waals surface area contributed by atoms with Gasteiger partial charge in [0.05, 0.1) is 7.11 Å². The van der Waals surface area contributed by atoms with Gasteiger partial charge in [-0.05, 0) is 20.8 Å². The van der Waals surface area contributed by atoms with E-state index in [9.17, 15) is 9.59 Å². The van der Waals surface area contributed by atoms with Gasteiger partial charge in [-0.25, -0.2) is 0 Å². The van der Waals surface area contributed by atoms with E-state index in [0.717, 1.165) is 0 Å². The first-order valence-electron chi connectivity index (χ1n) is 4.58. The topological polar surface area (TPSA) is 52.6 Å². The van der Waals surface area contributed by atoms with Crippen LogP contribution < -0.4 is 0 Å². The minimum Gasteiger partial charge on any atom is -0.468 e. The number of cyclic esters (lactones) is 1. The largest absolute Gasteiger partial charge is 0.468 e. The molecule has 4 nitrogen and oxygen atoms in total. The summed E-state index contributed by atoms with van der Waals surface area (Å²) in [6.07, 6.45) is 0. The molecular formula is C10H16O4. The molecule has 0 saturated carbocycles. The molecule has 1 aliphatic rings. The van der Waals surface area contributed by atoms with Gasteiger partial charge in [-0.3, -0.25) is 9.59 Å². The van der Waals surface area contributed by atoms with Gasteiger partial charge >= 0.3 is 11.9 Å². The maximum absolute atomic E-state index is 11.6. The summed E-state index contributed by atoms with van der Waals surface area (Å²) in [4.78, 5) is 23.1. The molecule has 0 aromatic heterocycles. The maximum Gasteiger partial charge on any atom is 0.324 e. The molecule has 0 aromatic rings. The molecule has 0 aromatic carbocycles. The zero-order chi connectivity index (χ0) is 11.1. The van der Waals surface area contributed by atoms with Crippen molar-refractivity contribution in [2.75, 3.05) is 7.11 Å². The van der Waals surface area contributed by atoms with Gasteiger partial charge in [-0.2, -0.15) is 0 Å². The van der Waals surface area contributed by atoms with Crippen LogP contribution in [-0.2, 0) is 19.1 Å². The van der Waals surface area contributed by atoms with Crippen LogP contribution in [0.4, 0.5) is 0 Å². The lowest BCUT2D eigenvalue weighted by Gasteiger charge is -2.26. The predicted molar refractivity (Wildman–Crippen MR) is 49.5 cm³/mol. The molecule has 2 unspecified atom stereocenters. The van der Waals surface area contributed by atoms with Gasteiger partial charge in [0.15, 0.2) is 5.41 Å². The molecule has 2 atom stereocenters. The predicted octanol–water partition coefficient (Wildman–Crippen LogP) is 1.14. The van der Waals surface area contributed by atoms with Crippen LogP contribution in [0.3, 0.4) is 0 Å². The van der Waals surface area contributed by atoms with Crippen molar-refractivity contribution >= 4 is 11.9 Å². The van der Waals surface area contributed by atoms with Crippen molar-refractivity contribution in [3.63, 3.8) is 0 Å². The third kappa shape index (κ3) is 1.21. The first-order valence-corrected chi connectivity index (χ1v) is 4.58. The van der Waals surface area contributed by atoms with Crippen LogP contribution in [0.1, 0.15) is 27.7 Å². The van der Waals surface area contributed by atoms with E-state index in [4.69, 9.17) is 4.74 Å². The Balaban J connectivity index is 3.11. The van der Waals surface area contributed by atoms with E-state index in [0.29, 0.717) is 0 Å². The molecule has 0 bridgehead atoms. The number of esters is 2. The van der Waals surface area contributed by atoms with Gasteiger partial charge in [-0.15, -0.1) is 0 Å². The van der Waals surface area contributed by atoms with E-state index >= 15 is 0 Å². The second-order valence-corrected chi connectivity index (χ2v) is 4.41. The van der Waals surface area contributed by atoms with Crippen molar-refractivity contribution in [1.29, 1.82) is 0 Å². The van der Waals surface area contributed by atoms with Crippen molar-refractivity contribution in [1.82, 2.24) is 0 Å². The van der Waals surface area contributed by atoms with Gasteiger partial charge in [0.1, 0.15) is 5.60 Å². The molecule has 1 heterocycles. The zero-order valence-corrected chi connectivity index (χ0v) is 9.21. The normalized spacial score (nSPS) is 35.2. The molecule has 80 valence electrons. The van der Waals surface area contributed by atoms with E-state index in [-0.39, 0.29) is 5.92 Å². The van der Waals surface area contributed by atoms with E-state index in [1.165, 1.54) is 7.11 Å². The van der Waals surface area contributed by atoms with Crippen LogP contribution in [0.5, 0.6) is 0 Å². The highest BCUT2D eigenvalue weighted by Crippen LogP contribution is 2.46. The van der Waals surface area contributed by atoms with E-state index in [2.05, 4.69) is 4.74 Å². The fraction of sp³-hybridized carbons (Fsp3) is 0.800. The van der Waals surface area contributed by atoms with Gasteiger partial charge in [0.2, 0.25) is 0 Å². The summed E-state index contributed by atoms with van der Waals surface area (Å²) in [6.45, 7) is 6.98. The summed E-state index contributed by atoms with van der Waals surface area (Å²) in [6, 6.07) is 0. The Morgan fingerprint density at radius 3 is 2.21 bits per heavy atom. The number of methoxy groups -OCH3 is 1. The average Bonchev–Trinajstić information content (AvgIpc) is 2.26. The summed E-state index contributed by atoms with van der Waals surface area (Å²) in [7, 11) is 1.28. The summed E-state index contributed by atoms with van der Waals surface area (Å²) in [5.74, 6) is -1.22. The molecule has 0 radical (unpaired) electrons. The molecular weight excluding hydrogens is 184 g/mol. The van der Waals surface area contributed by atoms with Crippen molar-refractivity contribution in [2.45, 2.75) is 33.3 Å². The molecule has 0 spiro atoms. The second-order valence-electron chi connectivity index (χ2n) is 4.41. The van der Waals surface area contributed by atoms with Gasteiger partial charge in [0.25, 0.3) is 0 Å². The van der Waals surface area contributed by atoms with Crippen LogP contribution in [0.25, 0.3) is 0 Å². The fourth-order valence-electron chi connectivity index (χ4n) is 1.78. The third-order valence-corrected chi connectivity index (χ3v) is 3.30. The first-order chi connectivity index (χ1) is 6.26. The third-order valence-electron chi connectivity index (χ3n) is 3.30. The Hall–Kier alpha value is -1.06. The lowest BCUT2D eigenvalue weighted by Crippen LogP contribution is -2.41. The minimum atomic E-state index is -1.17. The maximum atomic E-state index is 11.6. The number of rotatable bonds is 1. The Bertz CT molecular complexity index is 282. The molecule has 1 rings (SSSR count). The van der Waals surface area contributed by atoms with Crippen LogP contribution in [0.15, 0.2) is 0 Å². The number of ether oxygens (including phenoxy) is 2. The minimum absolute atomic E-state index is 0.199. The van der Waals surface area contributed by atoms with Crippen LogP contribution in [0.2, 0.25) is 0 Å². The van der Waals surface area contributed by atoms with E-state index in [1.54, 1.807) is 20.8 Å². The summed E-state index contributed by atoms with van der Waals surface area (Å²) in [5.41, 5.74) is -1.78. The highest BCUT2D eigenvalue weighted by Gasteiger charge is 2.61. The Kier molecular flexibility index (Phi) is 2.34. The van der Waals surface area contributed by atoms with Crippen molar-refractivity contribution in [2.24, 2.45) is 11.3 Å². The summed E-state index contributed by atoms with van der Waals surface area (Å²) in [5, 5.41) is 0. The van der Waals surface area contributed by atoms with Gasteiger partial charge in [-0.1, -0.05) is 6.92 Å². The van der Waals surface area contributed by atoms with Crippen LogP contribution >= 0.6 is 0 Å². The molecule has 0 amide bonds. The Morgan fingerprint density at radius 1 is 1.43 bits per heavy atom. The quantitative estimate of drug-likeness (QED) is 0.470. The molecule has 1 fully saturated rings. The standard InChI is InChI=1S/C10H16O4/c1-6-9(2,3)14-8(12)10(6,4)7(11)13-5/h6H,1-5H3. The zero-order valence-electron chi connectivity index (χ0n) is 9.21. The number of carbonyl (C=O) groups is 2. The van der Waals surface area contributed by atoms with E-state index in [1.807, 2.05) is 6.92 Å². The Morgan fingerprint density at radius 2 is 1.93 bits per heavy atom. The van der Waals surface area contributed by atoms with Crippen LogP contribution in [-0.4, -0.2) is 24.6 Å².